The highest BCUT2D eigenvalue weighted by Crippen LogP contribution is 2.44. The smallest absolute Gasteiger partial charge is 0.318 e. The van der Waals surface area contributed by atoms with Gasteiger partial charge in [0.1, 0.15) is 17.0 Å². The number of carboxylic acid groups (broad SMARTS) is 1. The molecule has 80 valence electrons. The van der Waals surface area contributed by atoms with Crippen LogP contribution in [0.3, 0.4) is 0 Å². The lowest BCUT2D eigenvalue weighted by Crippen LogP contribution is -2.48. The number of halogens is 1. The standard InChI is InChI=1S/C10H9BrO4/c1-5-2-7(11)15-8(5)10(9(13)14)3-6(12)4-10/h2H,3-4H2,1H3,(H,13,14). The number of hydrogen-bond acceptors (Lipinski definition) is 3. The largest absolute Gasteiger partial charge is 0.480 e. The van der Waals surface area contributed by atoms with Gasteiger partial charge in [-0.05, 0) is 34.5 Å². The fourth-order valence-corrected chi connectivity index (χ4v) is 2.45. The summed E-state index contributed by atoms with van der Waals surface area (Å²) in [6.45, 7) is 1.77. The maximum atomic E-state index is 11.2. The molecular formula is C10H9BrO4. The van der Waals surface area contributed by atoms with E-state index in [4.69, 9.17) is 9.52 Å². The lowest BCUT2D eigenvalue weighted by molar-refractivity contribution is -0.154. The normalized spacial score (nSPS) is 18.7. The molecule has 1 N–H and O–H groups in total. The number of aliphatic carboxylic acids is 1. The van der Waals surface area contributed by atoms with Crippen LogP contribution in [-0.2, 0) is 15.0 Å². The number of Topliss-reactive ketones (excluding diaryl/α,β-unsaturated/α-hetero) is 1. The van der Waals surface area contributed by atoms with Crippen molar-refractivity contribution in [3.8, 4) is 0 Å². The minimum Gasteiger partial charge on any atom is -0.480 e. The van der Waals surface area contributed by atoms with Crippen LogP contribution < -0.4 is 0 Å². The molecule has 0 saturated heterocycles. The molecule has 1 aliphatic carbocycles. The Kier molecular flexibility index (Phi) is 2.22. The van der Waals surface area contributed by atoms with Crippen LogP contribution in [0.2, 0.25) is 0 Å². The predicted octanol–water partition coefficient (Wildman–Crippen LogP) is 2.04. The van der Waals surface area contributed by atoms with E-state index in [0.717, 1.165) is 5.56 Å². The number of aryl methyl sites for hydroxylation is 1. The summed E-state index contributed by atoms with van der Waals surface area (Å²) in [7, 11) is 0. The number of ketones is 1. The van der Waals surface area contributed by atoms with Gasteiger partial charge in [-0.1, -0.05) is 0 Å². The number of rotatable bonds is 2. The third kappa shape index (κ3) is 1.42. The van der Waals surface area contributed by atoms with Gasteiger partial charge in [-0.3, -0.25) is 9.59 Å². The summed E-state index contributed by atoms with van der Waals surface area (Å²) in [6, 6.07) is 1.71. The average molecular weight is 273 g/mol. The minimum absolute atomic E-state index is 0.0309. The Morgan fingerprint density at radius 1 is 1.60 bits per heavy atom. The minimum atomic E-state index is -1.13. The van der Waals surface area contributed by atoms with Gasteiger partial charge in [0.15, 0.2) is 4.67 Å². The summed E-state index contributed by atoms with van der Waals surface area (Å²) >= 11 is 3.15. The van der Waals surface area contributed by atoms with E-state index in [1.807, 2.05) is 0 Å². The van der Waals surface area contributed by atoms with Crippen molar-refractivity contribution < 1.29 is 19.1 Å². The Morgan fingerprint density at radius 3 is 2.53 bits per heavy atom. The van der Waals surface area contributed by atoms with Gasteiger partial charge in [0.2, 0.25) is 0 Å². The molecule has 4 nitrogen and oxygen atoms in total. The third-order valence-corrected chi connectivity index (χ3v) is 3.12. The van der Waals surface area contributed by atoms with Crippen LogP contribution in [0.5, 0.6) is 0 Å². The Morgan fingerprint density at radius 2 is 2.20 bits per heavy atom. The summed E-state index contributed by atoms with van der Waals surface area (Å²) in [6.07, 6.45) is 0.0618. The molecule has 0 amide bonds. The van der Waals surface area contributed by atoms with Crippen molar-refractivity contribution in [3.05, 3.63) is 22.1 Å². The predicted molar refractivity (Wildman–Crippen MR) is 54.7 cm³/mol. The summed E-state index contributed by atoms with van der Waals surface area (Å²) in [5, 5.41) is 9.16. The van der Waals surface area contributed by atoms with E-state index in [9.17, 15) is 9.59 Å². The molecule has 0 aromatic carbocycles. The summed E-state index contributed by atoms with van der Waals surface area (Å²) < 4.78 is 5.81. The number of hydrogen-bond donors (Lipinski definition) is 1. The molecule has 1 saturated carbocycles. The number of carboxylic acids is 1. The Labute approximate surface area is 94.4 Å². The van der Waals surface area contributed by atoms with Crippen molar-refractivity contribution in [1.82, 2.24) is 0 Å². The fourth-order valence-electron chi connectivity index (χ4n) is 1.95. The Balaban J connectivity index is 2.47. The van der Waals surface area contributed by atoms with E-state index in [1.54, 1.807) is 13.0 Å². The van der Waals surface area contributed by atoms with E-state index in [0.29, 0.717) is 10.4 Å². The van der Waals surface area contributed by atoms with Gasteiger partial charge >= 0.3 is 5.97 Å². The van der Waals surface area contributed by atoms with Crippen molar-refractivity contribution in [1.29, 1.82) is 0 Å². The van der Waals surface area contributed by atoms with Crippen LogP contribution in [0.15, 0.2) is 15.2 Å². The molecule has 0 radical (unpaired) electrons. The van der Waals surface area contributed by atoms with E-state index < -0.39 is 11.4 Å². The third-order valence-electron chi connectivity index (χ3n) is 2.73. The molecule has 5 heteroatoms. The highest BCUT2D eigenvalue weighted by molar-refractivity contribution is 9.10. The van der Waals surface area contributed by atoms with Gasteiger partial charge in [-0.2, -0.15) is 0 Å². The lowest BCUT2D eigenvalue weighted by Gasteiger charge is -2.34. The molecule has 2 rings (SSSR count). The van der Waals surface area contributed by atoms with Gasteiger partial charge in [0, 0.05) is 12.8 Å². The van der Waals surface area contributed by atoms with Crippen LogP contribution in [0.4, 0.5) is 0 Å². The van der Waals surface area contributed by atoms with Crippen LogP contribution in [-0.4, -0.2) is 16.9 Å². The molecule has 1 heterocycles. The van der Waals surface area contributed by atoms with Gasteiger partial charge in [0.25, 0.3) is 0 Å². The summed E-state index contributed by atoms with van der Waals surface area (Å²) in [5.74, 6) is -0.641. The van der Waals surface area contributed by atoms with Gasteiger partial charge in [-0.25, -0.2) is 0 Å². The number of carbonyl (C=O) groups is 2. The summed E-state index contributed by atoms with van der Waals surface area (Å²) in [5.41, 5.74) is -0.371. The van der Waals surface area contributed by atoms with Gasteiger partial charge in [-0.15, -0.1) is 0 Å². The van der Waals surface area contributed by atoms with Crippen molar-refractivity contribution in [2.75, 3.05) is 0 Å². The molecule has 1 aromatic rings. The first kappa shape index (κ1) is 10.4. The molecule has 15 heavy (non-hydrogen) atoms. The number of furan rings is 1. The first-order valence-corrected chi connectivity index (χ1v) is 5.26. The number of carbonyl (C=O) groups excluding carboxylic acids is 1. The Hall–Kier alpha value is -1.10. The van der Waals surface area contributed by atoms with E-state index >= 15 is 0 Å². The molecule has 0 atom stereocenters. The first-order valence-electron chi connectivity index (χ1n) is 4.47. The monoisotopic (exact) mass is 272 g/mol. The zero-order chi connectivity index (χ0) is 11.2. The molecule has 0 bridgehead atoms. The molecule has 1 aliphatic rings. The van der Waals surface area contributed by atoms with Crippen molar-refractivity contribution in [3.63, 3.8) is 0 Å². The maximum absolute atomic E-state index is 11.2. The van der Waals surface area contributed by atoms with Crippen LogP contribution in [0, 0.1) is 6.92 Å². The van der Waals surface area contributed by atoms with Gasteiger partial charge < -0.3 is 9.52 Å². The van der Waals surface area contributed by atoms with E-state index in [1.165, 1.54) is 0 Å². The molecular weight excluding hydrogens is 264 g/mol. The van der Waals surface area contributed by atoms with E-state index in [2.05, 4.69) is 15.9 Å². The SMILES string of the molecule is Cc1cc(Br)oc1C1(C(=O)O)CC(=O)C1. The topological polar surface area (TPSA) is 67.5 Å². The van der Waals surface area contributed by atoms with Crippen LogP contribution in [0.25, 0.3) is 0 Å². The lowest BCUT2D eigenvalue weighted by atomic mass is 9.65. The fraction of sp³-hybridized carbons (Fsp3) is 0.400. The molecule has 0 unspecified atom stereocenters. The molecule has 0 spiro atoms. The molecule has 0 aliphatic heterocycles. The maximum Gasteiger partial charge on any atom is 0.318 e. The second kappa shape index (κ2) is 3.20. The summed E-state index contributed by atoms with van der Waals surface area (Å²) in [4.78, 5) is 22.2. The zero-order valence-corrected chi connectivity index (χ0v) is 9.63. The van der Waals surface area contributed by atoms with Gasteiger partial charge in [0.05, 0.1) is 0 Å². The molecule has 1 fully saturated rings. The molecule has 1 aromatic heterocycles. The Bertz CT molecular complexity index is 438. The van der Waals surface area contributed by atoms with Crippen molar-refractivity contribution in [2.24, 2.45) is 0 Å². The second-order valence-corrected chi connectivity index (χ2v) is 4.62. The highest BCUT2D eigenvalue weighted by atomic mass is 79.9. The van der Waals surface area contributed by atoms with E-state index in [-0.39, 0.29) is 18.6 Å². The highest BCUT2D eigenvalue weighted by Gasteiger charge is 2.54. The quantitative estimate of drug-likeness (QED) is 0.895. The zero-order valence-electron chi connectivity index (χ0n) is 8.04. The van der Waals surface area contributed by atoms with Crippen LogP contribution >= 0.6 is 15.9 Å². The van der Waals surface area contributed by atoms with Crippen LogP contribution in [0.1, 0.15) is 24.2 Å². The second-order valence-electron chi connectivity index (χ2n) is 3.84. The van der Waals surface area contributed by atoms with Crippen molar-refractivity contribution >= 4 is 27.7 Å². The first-order chi connectivity index (χ1) is 6.95. The van der Waals surface area contributed by atoms with Crippen molar-refractivity contribution in [2.45, 2.75) is 25.2 Å². The average Bonchev–Trinajstić information content (AvgIpc) is 2.39.